The van der Waals surface area contributed by atoms with Crippen molar-refractivity contribution < 1.29 is 19.1 Å². The van der Waals surface area contributed by atoms with Gasteiger partial charge in [0.25, 0.3) is 0 Å². The molecule has 0 bridgehead atoms. The lowest BCUT2D eigenvalue weighted by Gasteiger charge is -2.06. The number of carboxylic acid groups (broad SMARTS) is 1. The standard InChI is InChI=1S/C11H7ClO5/c12-6-1-2-8-7(3-6)9(4-11(15)17-8)16-5-10(13)14/h1-4H,5H2,(H,13,14). The van der Waals surface area contributed by atoms with Crippen molar-refractivity contribution in [2.24, 2.45) is 0 Å². The summed E-state index contributed by atoms with van der Waals surface area (Å²) in [7, 11) is 0. The number of ether oxygens (including phenoxy) is 1. The van der Waals surface area contributed by atoms with E-state index in [4.69, 9.17) is 25.9 Å². The minimum absolute atomic E-state index is 0.140. The number of hydrogen-bond donors (Lipinski definition) is 1. The van der Waals surface area contributed by atoms with Gasteiger partial charge in [-0.2, -0.15) is 0 Å². The Morgan fingerprint density at radius 2 is 2.18 bits per heavy atom. The fourth-order valence-corrected chi connectivity index (χ4v) is 1.54. The Hall–Kier alpha value is -2.01. The first-order chi connectivity index (χ1) is 8.06. The lowest BCUT2D eigenvalue weighted by Crippen LogP contribution is -2.11. The van der Waals surface area contributed by atoms with E-state index in [0.29, 0.717) is 16.0 Å². The molecule has 2 rings (SSSR count). The first-order valence-electron chi connectivity index (χ1n) is 4.64. The van der Waals surface area contributed by atoms with Crippen molar-refractivity contribution in [2.45, 2.75) is 0 Å². The van der Waals surface area contributed by atoms with Crippen LogP contribution in [0.3, 0.4) is 0 Å². The second-order valence-electron chi connectivity index (χ2n) is 3.25. The van der Waals surface area contributed by atoms with Crippen molar-refractivity contribution in [3.63, 3.8) is 0 Å². The molecule has 0 saturated heterocycles. The summed E-state index contributed by atoms with van der Waals surface area (Å²) < 4.78 is 9.92. The predicted molar refractivity (Wildman–Crippen MR) is 60.6 cm³/mol. The van der Waals surface area contributed by atoms with Crippen LogP contribution in [-0.2, 0) is 4.79 Å². The highest BCUT2D eigenvalue weighted by molar-refractivity contribution is 6.31. The Morgan fingerprint density at radius 1 is 1.41 bits per heavy atom. The summed E-state index contributed by atoms with van der Waals surface area (Å²) >= 11 is 5.80. The fraction of sp³-hybridized carbons (Fsp3) is 0.0909. The van der Waals surface area contributed by atoms with E-state index < -0.39 is 18.2 Å². The number of benzene rings is 1. The Kier molecular flexibility index (Phi) is 3.01. The van der Waals surface area contributed by atoms with Crippen LogP contribution in [0.2, 0.25) is 5.02 Å². The van der Waals surface area contributed by atoms with Gasteiger partial charge in [0.2, 0.25) is 0 Å². The largest absolute Gasteiger partial charge is 0.481 e. The molecule has 0 radical (unpaired) electrons. The van der Waals surface area contributed by atoms with E-state index >= 15 is 0 Å². The third-order valence-corrected chi connectivity index (χ3v) is 2.25. The Morgan fingerprint density at radius 3 is 2.88 bits per heavy atom. The maximum Gasteiger partial charge on any atom is 0.341 e. The fourth-order valence-electron chi connectivity index (χ4n) is 1.37. The van der Waals surface area contributed by atoms with Crippen molar-refractivity contribution in [3.05, 3.63) is 39.7 Å². The van der Waals surface area contributed by atoms with Gasteiger partial charge < -0.3 is 14.3 Å². The van der Waals surface area contributed by atoms with Gasteiger partial charge in [-0.1, -0.05) is 11.6 Å². The Balaban J connectivity index is 2.55. The predicted octanol–water partition coefficient (Wildman–Crippen LogP) is 1.91. The third kappa shape index (κ3) is 2.57. The average Bonchev–Trinajstić information content (AvgIpc) is 2.26. The van der Waals surface area contributed by atoms with E-state index in [1.807, 2.05) is 0 Å². The zero-order valence-electron chi connectivity index (χ0n) is 8.47. The molecule has 0 aliphatic heterocycles. The number of aliphatic carboxylic acids is 1. The van der Waals surface area contributed by atoms with Crippen LogP contribution in [0.5, 0.6) is 5.75 Å². The van der Waals surface area contributed by atoms with Crippen LogP contribution in [0.4, 0.5) is 0 Å². The number of carbonyl (C=O) groups is 1. The molecule has 0 amide bonds. The molecule has 0 saturated carbocycles. The van der Waals surface area contributed by atoms with Crippen LogP contribution in [0.15, 0.2) is 33.5 Å². The van der Waals surface area contributed by atoms with Crippen molar-refractivity contribution in [3.8, 4) is 5.75 Å². The zero-order chi connectivity index (χ0) is 12.4. The summed E-state index contributed by atoms with van der Waals surface area (Å²) in [6.45, 7) is -0.537. The lowest BCUT2D eigenvalue weighted by atomic mass is 10.2. The molecule has 17 heavy (non-hydrogen) atoms. The quantitative estimate of drug-likeness (QED) is 0.847. The highest BCUT2D eigenvalue weighted by atomic mass is 35.5. The Bertz CT molecular complexity index is 631. The van der Waals surface area contributed by atoms with E-state index in [1.165, 1.54) is 12.1 Å². The van der Waals surface area contributed by atoms with Crippen LogP contribution in [0, 0.1) is 0 Å². The van der Waals surface area contributed by atoms with Crippen molar-refractivity contribution >= 4 is 28.5 Å². The first-order valence-corrected chi connectivity index (χ1v) is 5.02. The van der Waals surface area contributed by atoms with Gasteiger partial charge in [0.05, 0.1) is 11.5 Å². The normalized spacial score (nSPS) is 10.4. The molecule has 1 N–H and O–H groups in total. The molecule has 0 fully saturated rings. The molecule has 88 valence electrons. The smallest absolute Gasteiger partial charge is 0.341 e. The molecule has 6 heteroatoms. The monoisotopic (exact) mass is 254 g/mol. The maximum atomic E-state index is 11.2. The van der Waals surface area contributed by atoms with Gasteiger partial charge in [-0.3, -0.25) is 0 Å². The van der Waals surface area contributed by atoms with E-state index in [-0.39, 0.29) is 5.75 Å². The average molecular weight is 255 g/mol. The molecule has 1 aromatic heterocycles. The molecular weight excluding hydrogens is 248 g/mol. The van der Waals surface area contributed by atoms with E-state index in [2.05, 4.69) is 0 Å². The first kappa shape index (κ1) is 11.5. The van der Waals surface area contributed by atoms with Crippen LogP contribution >= 0.6 is 11.6 Å². The van der Waals surface area contributed by atoms with Crippen molar-refractivity contribution in [1.82, 2.24) is 0 Å². The SMILES string of the molecule is O=C(O)COc1cc(=O)oc2ccc(Cl)cc12. The molecule has 0 aliphatic rings. The van der Waals surface area contributed by atoms with Gasteiger partial charge in [-0.15, -0.1) is 0 Å². The molecule has 0 unspecified atom stereocenters. The van der Waals surface area contributed by atoms with Crippen molar-refractivity contribution in [1.29, 1.82) is 0 Å². The topological polar surface area (TPSA) is 76.7 Å². The van der Waals surface area contributed by atoms with Crippen LogP contribution in [0.25, 0.3) is 11.0 Å². The maximum absolute atomic E-state index is 11.2. The summed E-state index contributed by atoms with van der Waals surface area (Å²) in [5, 5.41) is 9.41. The molecule has 0 aliphatic carbocycles. The van der Waals surface area contributed by atoms with Gasteiger partial charge in [0.15, 0.2) is 6.61 Å². The summed E-state index contributed by atoms with van der Waals surface area (Å²) in [6.07, 6.45) is 0. The molecule has 1 aromatic carbocycles. The highest BCUT2D eigenvalue weighted by Crippen LogP contribution is 2.26. The highest BCUT2D eigenvalue weighted by Gasteiger charge is 2.08. The number of carboxylic acids is 1. The van der Waals surface area contributed by atoms with Gasteiger partial charge in [0, 0.05) is 5.02 Å². The molecular formula is C11H7ClO5. The van der Waals surface area contributed by atoms with Crippen LogP contribution in [-0.4, -0.2) is 17.7 Å². The summed E-state index contributed by atoms with van der Waals surface area (Å²) in [5.41, 5.74) is -0.317. The van der Waals surface area contributed by atoms with Crippen LogP contribution in [0.1, 0.15) is 0 Å². The summed E-state index contributed by atoms with van der Waals surface area (Å²) in [5.74, 6) is -0.991. The second-order valence-corrected chi connectivity index (χ2v) is 3.69. The zero-order valence-corrected chi connectivity index (χ0v) is 9.23. The molecule has 0 spiro atoms. The summed E-state index contributed by atoms with van der Waals surface area (Å²) in [4.78, 5) is 21.6. The Labute approximate surface area is 100 Å². The van der Waals surface area contributed by atoms with E-state index in [1.54, 1.807) is 6.07 Å². The minimum atomic E-state index is -1.13. The van der Waals surface area contributed by atoms with Gasteiger partial charge in [0.1, 0.15) is 11.3 Å². The third-order valence-electron chi connectivity index (χ3n) is 2.02. The van der Waals surface area contributed by atoms with Gasteiger partial charge in [-0.25, -0.2) is 9.59 Å². The van der Waals surface area contributed by atoms with Gasteiger partial charge >= 0.3 is 11.6 Å². The molecule has 2 aromatic rings. The molecule has 0 atom stereocenters. The van der Waals surface area contributed by atoms with Crippen LogP contribution < -0.4 is 10.4 Å². The minimum Gasteiger partial charge on any atom is -0.481 e. The second kappa shape index (κ2) is 4.47. The lowest BCUT2D eigenvalue weighted by molar-refractivity contribution is -0.139. The van der Waals surface area contributed by atoms with E-state index in [9.17, 15) is 9.59 Å². The molecule has 1 heterocycles. The summed E-state index contributed by atoms with van der Waals surface area (Å²) in [6, 6.07) is 5.71. The van der Waals surface area contributed by atoms with Crippen molar-refractivity contribution in [2.75, 3.05) is 6.61 Å². The number of hydrogen-bond acceptors (Lipinski definition) is 4. The molecule has 5 nitrogen and oxygen atoms in total. The number of fused-ring (bicyclic) bond motifs is 1. The van der Waals surface area contributed by atoms with E-state index in [0.717, 1.165) is 6.07 Å². The van der Waals surface area contributed by atoms with Gasteiger partial charge in [-0.05, 0) is 18.2 Å². The number of rotatable bonds is 3. The number of halogens is 1.